The van der Waals surface area contributed by atoms with E-state index in [1.165, 1.54) is 19.3 Å². The van der Waals surface area contributed by atoms with Crippen molar-refractivity contribution >= 4 is 6.09 Å². The topological polar surface area (TPSA) is 126 Å². The molecule has 38 heavy (non-hydrogen) atoms. The molecule has 3 atom stereocenters. The van der Waals surface area contributed by atoms with Crippen LogP contribution in [0.2, 0.25) is 0 Å². The molecule has 1 amide bonds. The van der Waals surface area contributed by atoms with Gasteiger partial charge in [0.1, 0.15) is 0 Å². The van der Waals surface area contributed by atoms with E-state index in [0.717, 1.165) is 50.3 Å². The average molecular weight is 533 g/mol. The summed E-state index contributed by atoms with van der Waals surface area (Å²) in [4.78, 5) is 24.5. The zero-order valence-corrected chi connectivity index (χ0v) is 22.6. The average Bonchev–Trinajstić information content (AvgIpc) is 2.92. The van der Waals surface area contributed by atoms with E-state index in [9.17, 15) is 20.0 Å². The van der Waals surface area contributed by atoms with Crippen molar-refractivity contribution in [2.75, 3.05) is 40.0 Å². The van der Waals surface area contributed by atoms with Gasteiger partial charge >= 0.3 is 6.09 Å². The lowest BCUT2D eigenvalue weighted by Crippen LogP contribution is -2.48. The van der Waals surface area contributed by atoms with Crippen LogP contribution >= 0.6 is 0 Å². The molecule has 0 radical (unpaired) electrons. The van der Waals surface area contributed by atoms with Gasteiger partial charge in [-0.3, -0.25) is 10.1 Å². The van der Waals surface area contributed by atoms with Gasteiger partial charge in [-0.2, -0.15) is 0 Å². The fourth-order valence-corrected chi connectivity index (χ4v) is 5.78. The van der Waals surface area contributed by atoms with E-state index in [0.29, 0.717) is 38.0 Å². The van der Waals surface area contributed by atoms with Gasteiger partial charge in [0, 0.05) is 51.9 Å². The first-order chi connectivity index (χ1) is 18.5. The number of methoxy groups -OCH3 is 1. The molecule has 3 rings (SSSR count). The molecule has 3 unspecified atom stereocenters. The van der Waals surface area contributed by atoms with E-state index in [-0.39, 0.29) is 24.6 Å². The van der Waals surface area contributed by atoms with Gasteiger partial charge < -0.3 is 30.1 Å². The van der Waals surface area contributed by atoms with Crippen LogP contribution in [0, 0.1) is 22.0 Å². The van der Waals surface area contributed by atoms with Crippen molar-refractivity contribution in [2.45, 2.75) is 69.9 Å². The predicted octanol–water partition coefficient (Wildman–Crippen LogP) is 4.76. The van der Waals surface area contributed by atoms with Crippen LogP contribution in [-0.2, 0) is 9.47 Å². The van der Waals surface area contributed by atoms with E-state index < -0.39 is 11.0 Å². The Labute approximate surface area is 225 Å². The van der Waals surface area contributed by atoms with E-state index >= 15 is 0 Å². The number of amides is 1. The molecule has 3 N–H and O–H groups in total. The van der Waals surface area contributed by atoms with Crippen LogP contribution in [0.25, 0.3) is 0 Å². The first-order valence-corrected chi connectivity index (χ1v) is 13.9. The molecule has 1 saturated carbocycles. The minimum atomic E-state index is -1.09. The zero-order chi connectivity index (χ0) is 27.2. The van der Waals surface area contributed by atoms with Crippen molar-refractivity contribution in [3.8, 4) is 0 Å². The summed E-state index contributed by atoms with van der Waals surface area (Å²) >= 11 is 0. The standard InChI is InChI=1S/C28H44N4O6/c1-37-16-9-17-38-27(23-12-6-3-7-13-23)24-14-8-15-31(20-24)26(21-32(35)36)30-25(19-29-28(33)34)18-22-10-4-2-5-11-22/h3,6-7,12-13,21-22,24-25,27,29-30H,2,4-5,8-11,14-20H2,1H3,(H,33,34)/b26-21-. The summed E-state index contributed by atoms with van der Waals surface area (Å²) < 4.78 is 11.5. The smallest absolute Gasteiger partial charge is 0.404 e. The molecular formula is C28H44N4O6. The fourth-order valence-electron chi connectivity index (χ4n) is 5.78. The minimum absolute atomic E-state index is 0.126. The second-order valence-corrected chi connectivity index (χ2v) is 10.5. The van der Waals surface area contributed by atoms with Crippen LogP contribution in [0.1, 0.15) is 69.5 Å². The van der Waals surface area contributed by atoms with Gasteiger partial charge in [0.2, 0.25) is 0 Å². The van der Waals surface area contributed by atoms with Crippen LogP contribution in [0.15, 0.2) is 42.4 Å². The van der Waals surface area contributed by atoms with Crippen molar-refractivity contribution in [2.24, 2.45) is 11.8 Å². The highest BCUT2D eigenvalue weighted by atomic mass is 16.6. The summed E-state index contributed by atoms with van der Waals surface area (Å²) in [6.07, 6.45) is 9.06. The molecular weight excluding hydrogens is 488 g/mol. The Bertz CT molecular complexity index is 877. The SMILES string of the molecule is COCCCOC(c1ccccc1)C1CCCN(/C(=C\[N+](=O)[O-])NC(CNC(=O)O)CC2CCCCC2)C1. The largest absolute Gasteiger partial charge is 0.465 e. The number of carboxylic acid groups (broad SMARTS) is 1. The molecule has 0 bridgehead atoms. The number of benzene rings is 1. The summed E-state index contributed by atoms with van der Waals surface area (Å²) in [7, 11) is 1.68. The van der Waals surface area contributed by atoms with Crippen LogP contribution in [-0.4, -0.2) is 67.0 Å². The minimum Gasteiger partial charge on any atom is -0.465 e. The lowest BCUT2D eigenvalue weighted by Gasteiger charge is -2.40. The highest BCUT2D eigenvalue weighted by Crippen LogP contribution is 2.34. The van der Waals surface area contributed by atoms with Gasteiger partial charge in [-0.05, 0) is 37.2 Å². The molecule has 10 heteroatoms. The molecule has 1 aliphatic heterocycles. The number of piperidine rings is 1. The molecule has 1 aromatic rings. The Hall–Kier alpha value is -2.85. The Kier molecular flexibility index (Phi) is 12.7. The first-order valence-electron chi connectivity index (χ1n) is 13.9. The quantitative estimate of drug-likeness (QED) is 0.168. The number of rotatable bonds is 15. The van der Waals surface area contributed by atoms with Gasteiger partial charge in [-0.1, -0.05) is 62.4 Å². The summed E-state index contributed by atoms with van der Waals surface area (Å²) in [6.45, 7) is 2.71. The summed E-state index contributed by atoms with van der Waals surface area (Å²) in [6, 6.07) is 9.92. The van der Waals surface area contributed by atoms with Crippen molar-refractivity contribution in [1.29, 1.82) is 0 Å². The molecule has 1 saturated heterocycles. The number of nitrogens with one attached hydrogen (secondary N) is 2. The highest BCUT2D eigenvalue weighted by molar-refractivity contribution is 5.64. The Balaban J connectivity index is 1.75. The van der Waals surface area contributed by atoms with Gasteiger partial charge in [-0.25, -0.2) is 4.79 Å². The van der Waals surface area contributed by atoms with E-state index in [1.54, 1.807) is 7.11 Å². The number of carbonyl (C=O) groups is 1. The van der Waals surface area contributed by atoms with E-state index in [4.69, 9.17) is 9.47 Å². The Morgan fingerprint density at radius 3 is 2.63 bits per heavy atom. The van der Waals surface area contributed by atoms with Crippen LogP contribution in [0.5, 0.6) is 0 Å². The van der Waals surface area contributed by atoms with Crippen molar-refractivity contribution < 1.29 is 24.3 Å². The molecule has 1 aromatic carbocycles. The normalized spacial score (nSPS) is 20.5. The number of ether oxygens (including phenoxy) is 2. The summed E-state index contributed by atoms with van der Waals surface area (Å²) in [5.74, 6) is 1.09. The van der Waals surface area contributed by atoms with Crippen LogP contribution < -0.4 is 10.6 Å². The molecule has 2 aliphatic rings. The zero-order valence-electron chi connectivity index (χ0n) is 22.6. The third-order valence-electron chi connectivity index (χ3n) is 7.57. The second kappa shape index (κ2) is 16.2. The second-order valence-electron chi connectivity index (χ2n) is 10.5. The molecule has 0 spiro atoms. The van der Waals surface area contributed by atoms with Crippen molar-refractivity contribution in [3.63, 3.8) is 0 Å². The predicted molar refractivity (Wildman–Crippen MR) is 145 cm³/mol. The molecule has 0 aromatic heterocycles. The van der Waals surface area contributed by atoms with Crippen LogP contribution in [0.4, 0.5) is 4.79 Å². The van der Waals surface area contributed by atoms with E-state index in [2.05, 4.69) is 22.8 Å². The van der Waals surface area contributed by atoms with Gasteiger partial charge in [-0.15, -0.1) is 0 Å². The van der Waals surface area contributed by atoms with Crippen molar-refractivity contribution in [1.82, 2.24) is 15.5 Å². The molecule has 1 heterocycles. The monoisotopic (exact) mass is 532 g/mol. The third-order valence-corrected chi connectivity index (χ3v) is 7.57. The first kappa shape index (κ1) is 29.7. The molecule has 2 fully saturated rings. The lowest BCUT2D eigenvalue weighted by molar-refractivity contribution is -0.404. The number of nitro groups is 1. The van der Waals surface area contributed by atoms with Gasteiger partial charge in [0.15, 0.2) is 5.82 Å². The van der Waals surface area contributed by atoms with Crippen molar-refractivity contribution in [3.05, 3.63) is 58.0 Å². The molecule has 10 nitrogen and oxygen atoms in total. The van der Waals surface area contributed by atoms with Crippen LogP contribution in [0.3, 0.4) is 0 Å². The highest BCUT2D eigenvalue weighted by Gasteiger charge is 2.32. The maximum atomic E-state index is 11.6. The maximum Gasteiger partial charge on any atom is 0.404 e. The Morgan fingerprint density at radius 1 is 1.18 bits per heavy atom. The van der Waals surface area contributed by atoms with Gasteiger partial charge in [0.25, 0.3) is 6.20 Å². The number of nitrogens with zero attached hydrogens (tertiary/aromatic N) is 2. The fraction of sp³-hybridized carbons (Fsp3) is 0.679. The molecule has 212 valence electrons. The maximum absolute atomic E-state index is 11.6. The summed E-state index contributed by atoms with van der Waals surface area (Å²) in [5, 5.41) is 26.7. The summed E-state index contributed by atoms with van der Waals surface area (Å²) in [5.41, 5.74) is 1.10. The number of hydrogen-bond acceptors (Lipinski definition) is 7. The number of likely N-dealkylation sites (tertiary alicyclic amines) is 1. The lowest BCUT2D eigenvalue weighted by atomic mass is 9.84. The third kappa shape index (κ3) is 10.1. The van der Waals surface area contributed by atoms with E-state index in [1.807, 2.05) is 23.1 Å². The molecule has 1 aliphatic carbocycles. The number of hydrogen-bond donors (Lipinski definition) is 3. The Morgan fingerprint density at radius 2 is 1.95 bits per heavy atom. The van der Waals surface area contributed by atoms with Gasteiger partial charge in [0.05, 0.1) is 11.0 Å².